The maximum Gasteiger partial charge on any atom is 0.250 e. The third kappa shape index (κ3) is 3.84. The molecule has 0 spiro atoms. The molecule has 0 radical (unpaired) electrons. The predicted molar refractivity (Wildman–Crippen MR) is 93.8 cm³/mol. The van der Waals surface area contributed by atoms with Crippen LogP contribution in [-0.2, 0) is 9.59 Å². The summed E-state index contributed by atoms with van der Waals surface area (Å²) >= 11 is 0. The zero-order chi connectivity index (χ0) is 17.0. The highest BCUT2D eigenvalue weighted by molar-refractivity contribution is 6.07. The number of aryl methyl sites for hydroxylation is 1. The Balaban J connectivity index is 2.22. The van der Waals surface area contributed by atoms with Crippen LogP contribution in [0.15, 0.2) is 18.2 Å². The van der Waals surface area contributed by atoms with Crippen molar-refractivity contribution in [3.05, 3.63) is 23.8 Å². The van der Waals surface area contributed by atoms with Crippen molar-refractivity contribution in [1.29, 1.82) is 0 Å². The summed E-state index contributed by atoms with van der Waals surface area (Å²) in [5.41, 5.74) is 2.86. The Morgan fingerprint density at radius 3 is 2.74 bits per heavy atom. The van der Waals surface area contributed by atoms with Crippen LogP contribution in [0.2, 0.25) is 0 Å². The van der Waals surface area contributed by atoms with E-state index in [9.17, 15) is 9.59 Å². The van der Waals surface area contributed by atoms with E-state index in [0.29, 0.717) is 6.42 Å². The van der Waals surface area contributed by atoms with E-state index in [1.807, 2.05) is 32.0 Å². The summed E-state index contributed by atoms with van der Waals surface area (Å²) in [4.78, 5) is 28.5. The molecule has 0 fully saturated rings. The van der Waals surface area contributed by atoms with Crippen LogP contribution in [0.25, 0.3) is 0 Å². The van der Waals surface area contributed by atoms with Gasteiger partial charge in [-0.15, -0.1) is 0 Å². The summed E-state index contributed by atoms with van der Waals surface area (Å²) < 4.78 is 0. The molecule has 126 valence electrons. The SMILES string of the molecule is CCCCN(C)C(=O)CN1C(=O)C(CC)Nc2cc(C)ccc21. The summed E-state index contributed by atoms with van der Waals surface area (Å²) in [6, 6.07) is 5.65. The molecule has 2 rings (SSSR count). The van der Waals surface area contributed by atoms with E-state index in [1.165, 1.54) is 0 Å². The molecular formula is C18H27N3O2. The van der Waals surface area contributed by atoms with Gasteiger partial charge >= 0.3 is 0 Å². The minimum Gasteiger partial charge on any atom is -0.372 e. The lowest BCUT2D eigenvalue weighted by molar-refractivity contribution is -0.130. The number of carbonyl (C=O) groups excluding carboxylic acids is 2. The molecule has 0 saturated carbocycles. The zero-order valence-corrected chi connectivity index (χ0v) is 14.6. The minimum absolute atomic E-state index is 0.0184. The molecule has 0 saturated heterocycles. The first-order valence-corrected chi connectivity index (χ1v) is 8.40. The molecule has 1 N–H and O–H groups in total. The molecule has 1 aromatic rings. The second kappa shape index (κ2) is 7.49. The van der Waals surface area contributed by atoms with Crippen LogP contribution < -0.4 is 10.2 Å². The van der Waals surface area contributed by atoms with Crippen molar-refractivity contribution in [2.75, 3.05) is 30.4 Å². The number of likely N-dealkylation sites (N-methyl/N-ethyl adjacent to an activating group) is 1. The fourth-order valence-electron chi connectivity index (χ4n) is 2.77. The van der Waals surface area contributed by atoms with Gasteiger partial charge in [0.15, 0.2) is 0 Å². The molecule has 1 heterocycles. The largest absolute Gasteiger partial charge is 0.372 e. The summed E-state index contributed by atoms with van der Waals surface area (Å²) in [5.74, 6) is -0.0452. The number of amides is 2. The van der Waals surface area contributed by atoms with Gasteiger partial charge in [-0.2, -0.15) is 0 Å². The Morgan fingerprint density at radius 1 is 1.35 bits per heavy atom. The number of anilines is 2. The molecular weight excluding hydrogens is 290 g/mol. The van der Waals surface area contributed by atoms with Crippen molar-refractivity contribution >= 4 is 23.2 Å². The van der Waals surface area contributed by atoms with E-state index in [1.54, 1.807) is 16.8 Å². The van der Waals surface area contributed by atoms with Crippen LogP contribution in [0.5, 0.6) is 0 Å². The van der Waals surface area contributed by atoms with E-state index >= 15 is 0 Å². The molecule has 1 atom stereocenters. The number of nitrogens with one attached hydrogen (secondary N) is 1. The standard InChI is InChI=1S/C18H27N3O2/c1-5-7-10-20(4)17(22)12-21-16-9-8-13(3)11-15(16)19-14(6-2)18(21)23/h8-9,11,14,19H,5-7,10,12H2,1-4H3. The Labute approximate surface area is 138 Å². The van der Waals surface area contributed by atoms with E-state index in [0.717, 1.165) is 36.3 Å². The fraction of sp³-hybridized carbons (Fsp3) is 0.556. The number of fused-ring (bicyclic) bond motifs is 1. The molecule has 5 nitrogen and oxygen atoms in total. The highest BCUT2D eigenvalue weighted by Gasteiger charge is 2.32. The molecule has 1 unspecified atom stereocenters. The van der Waals surface area contributed by atoms with Crippen molar-refractivity contribution in [1.82, 2.24) is 4.90 Å². The van der Waals surface area contributed by atoms with Crippen LogP contribution in [0.1, 0.15) is 38.7 Å². The van der Waals surface area contributed by atoms with Gasteiger partial charge in [0.2, 0.25) is 11.8 Å². The Morgan fingerprint density at radius 2 is 2.09 bits per heavy atom. The first-order valence-electron chi connectivity index (χ1n) is 8.40. The summed E-state index contributed by atoms with van der Waals surface area (Å²) in [6.45, 7) is 6.93. The third-order valence-electron chi connectivity index (χ3n) is 4.31. The van der Waals surface area contributed by atoms with Crippen molar-refractivity contribution in [3.8, 4) is 0 Å². The molecule has 2 amide bonds. The zero-order valence-electron chi connectivity index (χ0n) is 14.6. The van der Waals surface area contributed by atoms with Gasteiger partial charge in [0, 0.05) is 13.6 Å². The average molecular weight is 317 g/mol. The van der Waals surface area contributed by atoms with Gasteiger partial charge in [0.05, 0.1) is 11.4 Å². The second-order valence-electron chi connectivity index (χ2n) is 6.22. The first kappa shape index (κ1) is 17.3. The van der Waals surface area contributed by atoms with Gasteiger partial charge in [-0.25, -0.2) is 0 Å². The maximum absolute atomic E-state index is 12.7. The smallest absolute Gasteiger partial charge is 0.250 e. The molecule has 1 aromatic carbocycles. The molecule has 0 bridgehead atoms. The lowest BCUT2D eigenvalue weighted by atomic mass is 10.1. The molecule has 1 aliphatic rings. The number of unbranched alkanes of at least 4 members (excludes halogenated alkanes) is 1. The predicted octanol–water partition coefficient (Wildman–Crippen LogP) is 2.79. The van der Waals surface area contributed by atoms with Crippen molar-refractivity contribution in [2.24, 2.45) is 0 Å². The third-order valence-corrected chi connectivity index (χ3v) is 4.31. The molecule has 23 heavy (non-hydrogen) atoms. The number of hydrogen-bond donors (Lipinski definition) is 1. The normalized spacial score (nSPS) is 16.8. The Kier molecular flexibility index (Phi) is 5.64. The number of benzene rings is 1. The topological polar surface area (TPSA) is 52.7 Å². The highest BCUT2D eigenvalue weighted by atomic mass is 16.2. The quantitative estimate of drug-likeness (QED) is 0.878. The van der Waals surface area contributed by atoms with Crippen LogP contribution in [0, 0.1) is 6.92 Å². The molecule has 0 aromatic heterocycles. The van der Waals surface area contributed by atoms with Gasteiger partial charge in [-0.3, -0.25) is 14.5 Å². The van der Waals surface area contributed by atoms with Crippen LogP contribution in [0.4, 0.5) is 11.4 Å². The Hall–Kier alpha value is -2.04. The van der Waals surface area contributed by atoms with Crippen LogP contribution >= 0.6 is 0 Å². The summed E-state index contributed by atoms with van der Waals surface area (Å²) in [7, 11) is 1.80. The van der Waals surface area contributed by atoms with E-state index in [-0.39, 0.29) is 24.4 Å². The van der Waals surface area contributed by atoms with Crippen molar-refractivity contribution in [3.63, 3.8) is 0 Å². The fourth-order valence-corrected chi connectivity index (χ4v) is 2.77. The van der Waals surface area contributed by atoms with Crippen LogP contribution in [-0.4, -0.2) is 42.9 Å². The Bertz CT molecular complexity index is 586. The lowest BCUT2D eigenvalue weighted by Gasteiger charge is -2.35. The number of nitrogens with zero attached hydrogens (tertiary/aromatic N) is 2. The van der Waals surface area contributed by atoms with Gasteiger partial charge in [0.25, 0.3) is 0 Å². The lowest BCUT2D eigenvalue weighted by Crippen LogP contribution is -2.50. The highest BCUT2D eigenvalue weighted by Crippen LogP contribution is 2.33. The van der Waals surface area contributed by atoms with Gasteiger partial charge in [-0.1, -0.05) is 26.3 Å². The van der Waals surface area contributed by atoms with Gasteiger partial charge in [-0.05, 0) is 37.5 Å². The van der Waals surface area contributed by atoms with Gasteiger partial charge in [0.1, 0.15) is 12.6 Å². The maximum atomic E-state index is 12.7. The van der Waals surface area contributed by atoms with Crippen molar-refractivity contribution < 1.29 is 9.59 Å². The molecule has 0 aliphatic carbocycles. The average Bonchev–Trinajstić information content (AvgIpc) is 2.54. The van der Waals surface area contributed by atoms with Crippen LogP contribution in [0.3, 0.4) is 0 Å². The molecule has 1 aliphatic heterocycles. The molecule has 5 heteroatoms. The van der Waals surface area contributed by atoms with E-state index in [4.69, 9.17) is 0 Å². The number of hydrogen-bond acceptors (Lipinski definition) is 3. The summed E-state index contributed by atoms with van der Waals surface area (Å²) in [6.07, 6.45) is 2.72. The monoisotopic (exact) mass is 317 g/mol. The van der Waals surface area contributed by atoms with Crippen molar-refractivity contribution in [2.45, 2.75) is 46.1 Å². The number of rotatable bonds is 6. The number of carbonyl (C=O) groups is 2. The van der Waals surface area contributed by atoms with E-state index in [2.05, 4.69) is 12.2 Å². The second-order valence-corrected chi connectivity index (χ2v) is 6.22. The minimum atomic E-state index is -0.266. The first-order chi connectivity index (χ1) is 11.0. The van der Waals surface area contributed by atoms with Gasteiger partial charge < -0.3 is 10.2 Å². The summed E-state index contributed by atoms with van der Waals surface area (Å²) in [5, 5.41) is 3.29. The van der Waals surface area contributed by atoms with E-state index < -0.39 is 0 Å².